The Hall–Kier alpha value is -1.55. The predicted octanol–water partition coefficient (Wildman–Crippen LogP) is 2.64. The van der Waals surface area contributed by atoms with Gasteiger partial charge in [-0.05, 0) is 13.0 Å². The van der Waals surface area contributed by atoms with E-state index in [1.165, 1.54) is 6.21 Å². The third-order valence-corrected chi connectivity index (χ3v) is 2.22. The topological polar surface area (TPSA) is 47.9 Å². The fourth-order valence-corrected chi connectivity index (χ4v) is 1.27. The quantitative estimate of drug-likeness (QED) is 0.340. The number of ether oxygens (including phenoxy) is 1. The number of hydrogen-bond donors (Lipinski definition) is 0. The summed E-state index contributed by atoms with van der Waals surface area (Å²) in [7, 11) is 0. The molecule has 0 aliphatic rings. The standard InChI is InChI=1S/C12H14ClNO3/c1-2-16-12(15)7-8-17-14-9-10-5-3-4-6-11(10)13/h3-6,9H,2,7-8H2,1H3/b14-9+. The average Bonchev–Trinajstić information content (AvgIpc) is 2.31. The molecule has 0 fully saturated rings. The molecule has 0 saturated heterocycles. The zero-order valence-electron chi connectivity index (χ0n) is 9.56. The van der Waals surface area contributed by atoms with Crippen molar-refractivity contribution in [2.24, 2.45) is 5.16 Å². The van der Waals surface area contributed by atoms with E-state index < -0.39 is 0 Å². The summed E-state index contributed by atoms with van der Waals surface area (Å²) in [6.45, 7) is 2.33. The predicted molar refractivity (Wildman–Crippen MR) is 66.2 cm³/mol. The van der Waals surface area contributed by atoms with Crippen LogP contribution in [-0.2, 0) is 14.4 Å². The van der Waals surface area contributed by atoms with Crippen LogP contribution in [0, 0.1) is 0 Å². The molecule has 0 bridgehead atoms. The first-order valence-electron chi connectivity index (χ1n) is 5.29. The smallest absolute Gasteiger partial charge is 0.309 e. The van der Waals surface area contributed by atoms with Crippen LogP contribution < -0.4 is 0 Å². The van der Waals surface area contributed by atoms with Gasteiger partial charge < -0.3 is 9.57 Å². The van der Waals surface area contributed by atoms with E-state index in [1.807, 2.05) is 18.2 Å². The molecule has 0 heterocycles. The van der Waals surface area contributed by atoms with Crippen LogP contribution in [0.25, 0.3) is 0 Å². The molecule has 0 saturated carbocycles. The molecule has 0 aliphatic heterocycles. The Labute approximate surface area is 105 Å². The van der Waals surface area contributed by atoms with Gasteiger partial charge in [0, 0.05) is 10.6 Å². The summed E-state index contributed by atoms with van der Waals surface area (Å²) in [6.07, 6.45) is 1.70. The molecule has 1 aromatic carbocycles. The highest BCUT2D eigenvalue weighted by Crippen LogP contribution is 2.12. The Kier molecular flexibility index (Phi) is 6.10. The molecule has 0 atom stereocenters. The second-order valence-electron chi connectivity index (χ2n) is 3.14. The molecule has 4 nitrogen and oxygen atoms in total. The van der Waals surface area contributed by atoms with E-state index in [9.17, 15) is 4.79 Å². The summed E-state index contributed by atoms with van der Waals surface area (Å²) in [6, 6.07) is 7.27. The van der Waals surface area contributed by atoms with Crippen molar-refractivity contribution in [3.05, 3.63) is 34.9 Å². The molecule has 0 aromatic heterocycles. The van der Waals surface area contributed by atoms with Crippen LogP contribution in [0.15, 0.2) is 29.4 Å². The van der Waals surface area contributed by atoms with Gasteiger partial charge in [0.2, 0.25) is 0 Å². The van der Waals surface area contributed by atoms with Crippen molar-refractivity contribution >= 4 is 23.8 Å². The van der Waals surface area contributed by atoms with Crippen LogP contribution >= 0.6 is 11.6 Å². The van der Waals surface area contributed by atoms with Gasteiger partial charge in [-0.25, -0.2) is 0 Å². The maximum absolute atomic E-state index is 11.0. The molecule has 0 unspecified atom stereocenters. The lowest BCUT2D eigenvalue weighted by Crippen LogP contribution is -2.06. The van der Waals surface area contributed by atoms with Crippen molar-refractivity contribution in [2.75, 3.05) is 13.2 Å². The number of nitrogens with zero attached hydrogens (tertiary/aromatic N) is 1. The van der Waals surface area contributed by atoms with Crippen LogP contribution in [-0.4, -0.2) is 25.4 Å². The maximum atomic E-state index is 11.0. The van der Waals surface area contributed by atoms with Crippen molar-refractivity contribution in [2.45, 2.75) is 13.3 Å². The maximum Gasteiger partial charge on any atom is 0.309 e. The minimum atomic E-state index is -0.291. The molecule has 5 heteroatoms. The van der Waals surface area contributed by atoms with Gasteiger partial charge in [0.1, 0.15) is 6.61 Å². The van der Waals surface area contributed by atoms with Crippen LogP contribution in [0.4, 0.5) is 0 Å². The minimum absolute atomic E-state index is 0.188. The van der Waals surface area contributed by atoms with Crippen LogP contribution in [0.1, 0.15) is 18.9 Å². The fourth-order valence-electron chi connectivity index (χ4n) is 1.09. The van der Waals surface area contributed by atoms with E-state index in [1.54, 1.807) is 13.0 Å². The van der Waals surface area contributed by atoms with Crippen molar-refractivity contribution in [1.82, 2.24) is 0 Å². The number of rotatable bonds is 6. The first-order chi connectivity index (χ1) is 8.24. The molecular formula is C12H14ClNO3. The number of carbonyl (C=O) groups is 1. The summed E-state index contributed by atoms with van der Waals surface area (Å²) in [5, 5.41) is 4.32. The van der Waals surface area contributed by atoms with Crippen molar-refractivity contribution in [3.63, 3.8) is 0 Å². The SMILES string of the molecule is CCOC(=O)CCO/N=C/c1ccccc1Cl. The zero-order chi connectivity index (χ0) is 12.5. The highest BCUT2D eigenvalue weighted by Gasteiger charge is 2.00. The lowest BCUT2D eigenvalue weighted by atomic mass is 10.2. The summed E-state index contributed by atoms with van der Waals surface area (Å²) in [4.78, 5) is 15.9. The number of carbonyl (C=O) groups excluding carboxylic acids is 1. The Morgan fingerprint density at radius 1 is 1.47 bits per heavy atom. The van der Waals surface area contributed by atoms with E-state index in [0.29, 0.717) is 11.6 Å². The highest BCUT2D eigenvalue weighted by atomic mass is 35.5. The fraction of sp³-hybridized carbons (Fsp3) is 0.333. The summed E-state index contributed by atoms with van der Waals surface area (Å²) >= 11 is 5.91. The highest BCUT2D eigenvalue weighted by molar-refractivity contribution is 6.33. The Bertz CT molecular complexity index is 393. The third kappa shape index (κ3) is 5.36. The van der Waals surface area contributed by atoms with Crippen LogP contribution in [0.5, 0.6) is 0 Å². The van der Waals surface area contributed by atoms with Gasteiger partial charge in [0.05, 0.1) is 19.2 Å². The number of esters is 1. The van der Waals surface area contributed by atoms with Gasteiger partial charge in [-0.1, -0.05) is 35.0 Å². The van der Waals surface area contributed by atoms with Gasteiger partial charge in [-0.3, -0.25) is 4.79 Å². The van der Waals surface area contributed by atoms with Crippen molar-refractivity contribution in [3.8, 4) is 0 Å². The van der Waals surface area contributed by atoms with Gasteiger partial charge in [-0.2, -0.15) is 0 Å². The van der Waals surface area contributed by atoms with Gasteiger partial charge >= 0.3 is 5.97 Å². The Morgan fingerprint density at radius 3 is 2.94 bits per heavy atom. The number of hydrogen-bond acceptors (Lipinski definition) is 4. The van der Waals surface area contributed by atoms with E-state index in [0.717, 1.165) is 5.56 Å². The number of oxime groups is 1. The van der Waals surface area contributed by atoms with Gasteiger partial charge in [0.15, 0.2) is 0 Å². The molecule has 0 amide bonds. The second kappa shape index (κ2) is 7.68. The van der Waals surface area contributed by atoms with E-state index in [4.69, 9.17) is 21.2 Å². The molecule has 0 aliphatic carbocycles. The van der Waals surface area contributed by atoms with Crippen LogP contribution in [0.3, 0.4) is 0 Å². The second-order valence-corrected chi connectivity index (χ2v) is 3.55. The largest absolute Gasteiger partial charge is 0.466 e. The van der Waals surface area contributed by atoms with Crippen LogP contribution in [0.2, 0.25) is 5.02 Å². The van der Waals surface area contributed by atoms with E-state index in [2.05, 4.69) is 5.16 Å². The van der Waals surface area contributed by atoms with Crippen molar-refractivity contribution in [1.29, 1.82) is 0 Å². The average molecular weight is 256 g/mol. The summed E-state index contributed by atoms with van der Waals surface area (Å²) in [5.74, 6) is -0.291. The third-order valence-electron chi connectivity index (χ3n) is 1.87. The molecule has 0 N–H and O–H groups in total. The lowest BCUT2D eigenvalue weighted by Gasteiger charge is -2.00. The first-order valence-corrected chi connectivity index (χ1v) is 5.67. The van der Waals surface area contributed by atoms with E-state index >= 15 is 0 Å². The first kappa shape index (κ1) is 13.5. The lowest BCUT2D eigenvalue weighted by molar-refractivity contribution is -0.144. The Morgan fingerprint density at radius 2 is 2.24 bits per heavy atom. The van der Waals surface area contributed by atoms with Crippen molar-refractivity contribution < 1.29 is 14.4 Å². The van der Waals surface area contributed by atoms with Gasteiger partial charge in [0.25, 0.3) is 0 Å². The number of benzene rings is 1. The molecular weight excluding hydrogens is 242 g/mol. The minimum Gasteiger partial charge on any atom is -0.466 e. The zero-order valence-corrected chi connectivity index (χ0v) is 10.3. The summed E-state index contributed by atoms with van der Waals surface area (Å²) < 4.78 is 4.73. The molecule has 1 rings (SSSR count). The molecule has 0 radical (unpaired) electrons. The molecule has 1 aromatic rings. The van der Waals surface area contributed by atoms with Gasteiger partial charge in [-0.15, -0.1) is 0 Å². The monoisotopic (exact) mass is 255 g/mol. The molecule has 17 heavy (non-hydrogen) atoms. The summed E-state index contributed by atoms with van der Waals surface area (Å²) in [5.41, 5.74) is 0.769. The molecule has 0 spiro atoms. The molecule has 92 valence electrons. The Balaban J connectivity index is 2.27. The number of halogens is 1. The normalized spacial score (nSPS) is 10.5. The van der Waals surface area contributed by atoms with E-state index in [-0.39, 0.29) is 19.0 Å².